The van der Waals surface area contributed by atoms with Crippen LogP contribution in [0.4, 0.5) is 0 Å². The van der Waals surface area contributed by atoms with Gasteiger partial charge in [0.1, 0.15) is 5.75 Å². The highest BCUT2D eigenvalue weighted by Crippen LogP contribution is 2.42. The first-order valence-electron chi connectivity index (χ1n) is 6.41. The van der Waals surface area contributed by atoms with E-state index >= 15 is 0 Å². The molecule has 2 unspecified atom stereocenters. The maximum absolute atomic E-state index is 6.59. The zero-order chi connectivity index (χ0) is 12.6. The normalized spacial score (nSPS) is 28.4. The van der Waals surface area contributed by atoms with Crippen molar-refractivity contribution in [3.8, 4) is 5.75 Å². The molecule has 0 amide bonds. The second-order valence-electron chi connectivity index (χ2n) is 5.64. The summed E-state index contributed by atoms with van der Waals surface area (Å²) < 4.78 is 5.36. The Bertz CT molecular complexity index is 427. The van der Waals surface area contributed by atoms with Crippen LogP contribution in [0.3, 0.4) is 0 Å². The summed E-state index contributed by atoms with van der Waals surface area (Å²) in [6.07, 6.45) is 3.43. The monoisotopic (exact) mass is 233 g/mol. The Kier molecular flexibility index (Phi) is 3.17. The van der Waals surface area contributed by atoms with Crippen LogP contribution < -0.4 is 10.5 Å². The number of benzene rings is 1. The lowest BCUT2D eigenvalue weighted by atomic mass is 9.84. The standard InChI is InChI=1S/C15H23NO/c1-10-5-6-15(16,9-10)13-7-12(3)14(17-4)8-11(13)2/h7-8,10H,5-6,9,16H2,1-4H3. The van der Waals surface area contributed by atoms with E-state index in [0.717, 1.165) is 24.5 Å². The van der Waals surface area contributed by atoms with E-state index in [1.54, 1.807) is 7.11 Å². The quantitative estimate of drug-likeness (QED) is 0.850. The van der Waals surface area contributed by atoms with E-state index < -0.39 is 0 Å². The predicted octanol–water partition coefficient (Wildman–Crippen LogP) is 3.29. The maximum atomic E-state index is 6.59. The molecule has 0 radical (unpaired) electrons. The molecule has 1 aromatic carbocycles. The van der Waals surface area contributed by atoms with Crippen LogP contribution in [-0.4, -0.2) is 7.11 Å². The zero-order valence-corrected chi connectivity index (χ0v) is 11.3. The van der Waals surface area contributed by atoms with Crippen molar-refractivity contribution in [3.63, 3.8) is 0 Å². The fraction of sp³-hybridized carbons (Fsp3) is 0.600. The van der Waals surface area contributed by atoms with Crippen LogP contribution in [-0.2, 0) is 5.54 Å². The summed E-state index contributed by atoms with van der Waals surface area (Å²) in [4.78, 5) is 0. The van der Waals surface area contributed by atoms with Crippen molar-refractivity contribution in [2.24, 2.45) is 11.7 Å². The first kappa shape index (κ1) is 12.4. The van der Waals surface area contributed by atoms with E-state index in [-0.39, 0.29) is 5.54 Å². The molecule has 1 aliphatic rings. The molecule has 0 bridgehead atoms. The molecule has 2 nitrogen and oxygen atoms in total. The molecular weight excluding hydrogens is 210 g/mol. The van der Waals surface area contributed by atoms with E-state index in [1.165, 1.54) is 23.1 Å². The van der Waals surface area contributed by atoms with Gasteiger partial charge in [-0.15, -0.1) is 0 Å². The van der Waals surface area contributed by atoms with E-state index in [4.69, 9.17) is 10.5 Å². The summed E-state index contributed by atoms with van der Waals surface area (Å²) in [6.45, 7) is 6.51. The van der Waals surface area contributed by atoms with Gasteiger partial charge in [0.05, 0.1) is 7.11 Å². The number of hydrogen-bond acceptors (Lipinski definition) is 2. The Morgan fingerprint density at radius 2 is 2.00 bits per heavy atom. The Morgan fingerprint density at radius 1 is 1.29 bits per heavy atom. The molecule has 2 rings (SSSR count). The van der Waals surface area contributed by atoms with Crippen molar-refractivity contribution in [3.05, 3.63) is 28.8 Å². The molecule has 0 spiro atoms. The van der Waals surface area contributed by atoms with Crippen molar-refractivity contribution in [2.45, 2.75) is 45.6 Å². The summed E-state index contributed by atoms with van der Waals surface area (Å²) in [6, 6.07) is 4.33. The fourth-order valence-corrected chi connectivity index (χ4v) is 3.12. The number of ether oxygens (including phenoxy) is 1. The highest BCUT2D eigenvalue weighted by molar-refractivity contribution is 5.44. The van der Waals surface area contributed by atoms with Crippen LogP contribution >= 0.6 is 0 Å². The number of methoxy groups -OCH3 is 1. The first-order valence-corrected chi connectivity index (χ1v) is 6.41. The molecule has 17 heavy (non-hydrogen) atoms. The second-order valence-corrected chi connectivity index (χ2v) is 5.64. The van der Waals surface area contributed by atoms with Gasteiger partial charge in [0.2, 0.25) is 0 Å². The molecule has 0 saturated heterocycles. The average molecular weight is 233 g/mol. The van der Waals surface area contributed by atoms with Gasteiger partial charge in [0.15, 0.2) is 0 Å². The summed E-state index contributed by atoms with van der Waals surface area (Å²) in [5.74, 6) is 1.70. The van der Waals surface area contributed by atoms with Crippen LogP contribution in [0.25, 0.3) is 0 Å². The van der Waals surface area contributed by atoms with Crippen LogP contribution in [0.15, 0.2) is 12.1 Å². The minimum absolute atomic E-state index is 0.124. The molecule has 2 N–H and O–H groups in total. The fourth-order valence-electron chi connectivity index (χ4n) is 3.12. The van der Waals surface area contributed by atoms with Crippen molar-refractivity contribution >= 4 is 0 Å². The number of rotatable bonds is 2. The molecule has 1 saturated carbocycles. The maximum Gasteiger partial charge on any atom is 0.122 e. The van der Waals surface area contributed by atoms with E-state index in [1.807, 2.05) is 0 Å². The summed E-state index contributed by atoms with van der Waals surface area (Å²) in [5.41, 5.74) is 10.2. The van der Waals surface area contributed by atoms with Crippen molar-refractivity contribution in [2.75, 3.05) is 7.11 Å². The average Bonchev–Trinajstić information content (AvgIpc) is 2.62. The van der Waals surface area contributed by atoms with Crippen LogP contribution in [0, 0.1) is 19.8 Å². The molecule has 1 aromatic rings. The zero-order valence-electron chi connectivity index (χ0n) is 11.3. The topological polar surface area (TPSA) is 35.2 Å². The summed E-state index contributed by atoms with van der Waals surface area (Å²) >= 11 is 0. The van der Waals surface area contributed by atoms with Gasteiger partial charge in [-0.25, -0.2) is 0 Å². The number of aryl methyl sites for hydroxylation is 2. The minimum atomic E-state index is -0.124. The first-order chi connectivity index (χ1) is 7.96. The molecule has 94 valence electrons. The Labute approximate surface area is 104 Å². The molecule has 1 aliphatic carbocycles. The van der Waals surface area contributed by atoms with E-state index in [9.17, 15) is 0 Å². The Hall–Kier alpha value is -1.02. The van der Waals surface area contributed by atoms with Crippen LogP contribution in [0.5, 0.6) is 5.75 Å². The van der Waals surface area contributed by atoms with Gasteiger partial charge < -0.3 is 10.5 Å². The van der Waals surface area contributed by atoms with Gasteiger partial charge in [0, 0.05) is 5.54 Å². The van der Waals surface area contributed by atoms with Gasteiger partial charge in [-0.3, -0.25) is 0 Å². The Morgan fingerprint density at radius 3 is 2.53 bits per heavy atom. The number of nitrogens with two attached hydrogens (primary N) is 1. The highest BCUT2D eigenvalue weighted by Gasteiger charge is 2.36. The van der Waals surface area contributed by atoms with Crippen LogP contribution in [0.2, 0.25) is 0 Å². The van der Waals surface area contributed by atoms with Gasteiger partial charge in [0.25, 0.3) is 0 Å². The lowest BCUT2D eigenvalue weighted by molar-refractivity contribution is 0.407. The molecule has 0 aromatic heterocycles. The lowest BCUT2D eigenvalue weighted by Crippen LogP contribution is -2.34. The van der Waals surface area contributed by atoms with Gasteiger partial charge >= 0.3 is 0 Å². The van der Waals surface area contributed by atoms with Gasteiger partial charge in [-0.05, 0) is 61.8 Å². The van der Waals surface area contributed by atoms with E-state index in [2.05, 4.69) is 32.9 Å². The molecule has 2 heteroatoms. The third-order valence-corrected chi connectivity index (χ3v) is 4.07. The van der Waals surface area contributed by atoms with Gasteiger partial charge in [-0.2, -0.15) is 0 Å². The molecule has 0 heterocycles. The predicted molar refractivity (Wildman–Crippen MR) is 71.3 cm³/mol. The number of hydrogen-bond donors (Lipinski definition) is 1. The van der Waals surface area contributed by atoms with Crippen molar-refractivity contribution < 1.29 is 4.74 Å². The van der Waals surface area contributed by atoms with E-state index in [0.29, 0.717) is 0 Å². The second kappa shape index (κ2) is 4.34. The molecule has 2 atom stereocenters. The molecule has 0 aliphatic heterocycles. The largest absolute Gasteiger partial charge is 0.496 e. The Balaban J connectivity index is 2.42. The van der Waals surface area contributed by atoms with Crippen LogP contribution in [0.1, 0.15) is 42.9 Å². The highest BCUT2D eigenvalue weighted by atomic mass is 16.5. The van der Waals surface area contributed by atoms with Gasteiger partial charge in [-0.1, -0.05) is 13.0 Å². The molecule has 1 fully saturated rings. The third-order valence-electron chi connectivity index (χ3n) is 4.07. The molecular formula is C15H23NO. The summed E-state index contributed by atoms with van der Waals surface area (Å²) in [5, 5.41) is 0. The lowest BCUT2D eigenvalue weighted by Gasteiger charge is -2.27. The smallest absolute Gasteiger partial charge is 0.122 e. The van der Waals surface area contributed by atoms with Crippen molar-refractivity contribution in [1.82, 2.24) is 0 Å². The minimum Gasteiger partial charge on any atom is -0.496 e. The SMILES string of the molecule is COc1cc(C)c(C2(N)CCC(C)C2)cc1C. The summed E-state index contributed by atoms with van der Waals surface area (Å²) in [7, 11) is 1.72. The third kappa shape index (κ3) is 2.19. The van der Waals surface area contributed by atoms with Crippen molar-refractivity contribution in [1.29, 1.82) is 0 Å².